The first-order valence-electron chi connectivity index (χ1n) is 16.2. The summed E-state index contributed by atoms with van der Waals surface area (Å²) in [6.07, 6.45) is 5.43. The zero-order valence-corrected chi connectivity index (χ0v) is 28.7. The van der Waals surface area contributed by atoms with Crippen LogP contribution in [0.5, 0.6) is 5.88 Å². The maximum absolute atomic E-state index is 14.4. The van der Waals surface area contributed by atoms with E-state index in [-0.39, 0.29) is 48.1 Å². The number of anilines is 2. The van der Waals surface area contributed by atoms with Crippen LogP contribution in [0.4, 0.5) is 11.8 Å². The van der Waals surface area contributed by atoms with E-state index in [1.807, 2.05) is 45.9 Å². The van der Waals surface area contributed by atoms with Crippen LogP contribution in [0.1, 0.15) is 60.8 Å². The van der Waals surface area contributed by atoms with Gasteiger partial charge in [-0.3, -0.25) is 9.78 Å². The lowest BCUT2D eigenvalue weighted by molar-refractivity contribution is 0.00630. The molecule has 2 atom stereocenters. The molecule has 2 aromatic carbocycles. The predicted molar refractivity (Wildman–Crippen MR) is 183 cm³/mol. The zero-order valence-electron chi connectivity index (χ0n) is 27.9. The fourth-order valence-electron chi connectivity index (χ4n) is 6.17. The molecule has 4 aromatic rings. The fourth-order valence-corrected chi connectivity index (χ4v) is 7.16. The van der Waals surface area contributed by atoms with Crippen molar-refractivity contribution in [3.05, 3.63) is 83.3 Å². The van der Waals surface area contributed by atoms with Crippen molar-refractivity contribution in [2.24, 2.45) is 0 Å². The molecule has 2 aliphatic heterocycles. The lowest BCUT2D eigenvalue weighted by atomic mass is 10.00. The van der Waals surface area contributed by atoms with Crippen LogP contribution in [-0.4, -0.2) is 77.1 Å². The van der Waals surface area contributed by atoms with Gasteiger partial charge < -0.3 is 19.3 Å². The maximum atomic E-state index is 14.4. The van der Waals surface area contributed by atoms with E-state index in [2.05, 4.69) is 31.5 Å². The normalized spacial score (nSPS) is 19.2. The molecule has 0 spiro atoms. The SMILES string of the molecule is Cc1cccc(C)c1-c1cc2nc(n1)NS(=O)(=O)c1cccc(c1)C(=O)N(Cc1cncc(N3CCC[C@H]3C)n1)[C@H](COC(C)C)CO2. The number of hydrogen-bond donors (Lipinski definition) is 1. The van der Waals surface area contributed by atoms with Crippen LogP contribution in [0.15, 0.2) is 65.8 Å². The Morgan fingerprint density at radius 3 is 2.54 bits per heavy atom. The van der Waals surface area contributed by atoms with Gasteiger partial charge in [0.25, 0.3) is 15.9 Å². The van der Waals surface area contributed by atoms with Gasteiger partial charge in [-0.25, -0.2) is 23.1 Å². The van der Waals surface area contributed by atoms with Crippen LogP contribution >= 0.6 is 0 Å². The Bertz CT molecular complexity index is 1900. The second-order valence-corrected chi connectivity index (χ2v) is 14.3. The van der Waals surface area contributed by atoms with Crippen molar-refractivity contribution < 1.29 is 22.7 Å². The summed E-state index contributed by atoms with van der Waals surface area (Å²) >= 11 is 0. The minimum atomic E-state index is -4.19. The number of nitrogens with zero attached hydrogens (tertiary/aromatic N) is 6. The van der Waals surface area contributed by atoms with Gasteiger partial charge in [-0.15, -0.1) is 0 Å². The number of rotatable bonds is 7. The lowest BCUT2D eigenvalue weighted by Crippen LogP contribution is -2.46. The molecule has 0 aliphatic carbocycles. The molecule has 1 fully saturated rings. The molecular formula is C35H41N7O5S. The topological polar surface area (TPSA) is 140 Å². The van der Waals surface area contributed by atoms with Crippen LogP contribution in [-0.2, 0) is 21.3 Å². The van der Waals surface area contributed by atoms with E-state index in [1.54, 1.807) is 35.5 Å². The maximum Gasteiger partial charge on any atom is 0.264 e. The summed E-state index contributed by atoms with van der Waals surface area (Å²) < 4.78 is 42.2. The number of sulfonamides is 1. The standard InChI is InChI=1S/C35H41N7O5S/c1-22(2)46-20-28-21-47-32-16-30(33-23(3)9-6-10-24(33)4)38-35(39-32)40-48(44,45)29-13-7-12-26(15-29)34(43)42(28)19-27-17-36-18-31(37-27)41-14-8-11-25(41)5/h6-7,9-10,12-13,15-18,22,25,28H,8,11,14,19-21H2,1-5H3,(H,38,39,40)/t25-,28-/m1/s1. The zero-order chi connectivity index (χ0) is 34.0. The number of ether oxygens (including phenoxy) is 2. The molecule has 2 aromatic heterocycles. The summed E-state index contributed by atoms with van der Waals surface area (Å²) in [5, 5.41) is 0. The van der Waals surface area contributed by atoms with Crippen molar-refractivity contribution in [3.8, 4) is 17.1 Å². The number of benzene rings is 2. The number of aromatic nitrogens is 4. The van der Waals surface area contributed by atoms with Gasteiger partial charge in [-0.1, -0.05) is 24.3 Å². The quantitative estimate of drug-likeness (QED) is 0.280. The number of hydrogen-bond acceptors (Lipinski definition) is 10. The highest BCUT2D eigenvalue weighted by molar-refractivity contribution is 7.92. The molecule has 1 amide bonds. The summed E-state index contributed by atoms with van der Waals surface area (Å²) in [4.78, 5) is 36.5. The minimum Gasteiger partial charge on any atom is -0.475 e. The van der Waals surface area contributed by atoms with Crippen LogP contribution in [0.3, 0.4) is 0 Å². The van der Waals surface area contributed by atoms with Gasteiger partial charge in [-0.05, 0) is 76.8 Å². The average molecular weight is 672 g/mol. The largest absolute Gasteiger partial charge is 0.475 e. The van der Waals surface area contributed by atoms with E-state index in [0.717, 1.165) is 41.9 Å². The number of fused-ring (bicyclic) bond motifs is 4. The van der Waals surface area contributed by atoms with Crippen LogP contribution < -0.4 is 14.4 Å². The van der Waals surface area contributed by atoms with Crippen molar-refractivity contribution in [1.29, 1.82) is 0 Å². The van der Waals surface area contributed by atoms with Crippen molar-refractivity contribution in [1.82, 2.24) is 24.8 Å². The third-order valence-electron chi connectivity index (χ3n) is 8.66. The Morgan fingerprint density at radius 2 is 1.81 bits per heavy atom. The van der Waals surface area contributed by atoms with E-state index in [9.17, 15) is 13.2 Å². The molecule has 13 heteroatoms. The number of carbonyl (C=O) groups is 1. The molecule has 4 bridgehead atoms. The molecule has 1 saturated heterocycles. The summed E-state index contributed by atoms with van der Waals surface area (Å²) in [6.45, 7) is 11.1. The Morgan fingerprint density at radius 1 is 1.04 bits per heavy atom. The number of carbonyl (C=O) groups excluding carboxylic acids is 1. The Hall–Kier alpha value is -4.62. The Labute approximate surface area is 281 Å². The van der Waals surface area contributed by atoms with Gasteiger partial charge in [0.15, 0.2) is 0 Å². The number of nitrogens with one attached hydrogen (secondary N) is 1. The van der Waals surface area contributed by atoms with Gasteiger partial charge in [0, 0.05) is 29.8 Å². The third-order valence-corrected chi connectivity index (χ3v) is 9.98. The fraction of sp³-hybridized carbons (Fsp3) is 0.400. The summed E-state index contributed by atoms with van der Waals surface area (Å²) in [7, 11) is -4.19. The number of aryl methyl sites for hydroxylation is 2. The molecule has 48 heavy (non-hydrogen) atoms. The van der Waals surface area contributed by atoms with Gasteiger partial charge in [-0.2, -0.15) is 4.98 Å². The van der Waals surface area contributed by atoms with Crippen LogP contribution in [0, 0.1) is 13.8 Å². The van der Waals surface area contributed by atoms with E-state index < -0.39 is 22.0 Å². The van der Waals surface area contributed by atoms with Crippen LogP contribution in [0.25, 0.3) is 11.3 Å². The summed E-state index contributed by atoms with van der Waals surface area (Å²) in [6, 6.07) is 13.2. The van der Waals surface area contributed by atoms with E-state index >= 15 is 0 Å². The highest BCUT2D eigenvalue weighted by Gasteiger charge is 2.30. The van der Waals surface area contributed by atoms with Crippen molar-refractivity contribution in [2.75, 3.05) is 29.4 Å². The molecule has 2 aliphatic rings. The Kier molecular flexibility index (Phi) is 9.61. The first-order valence-corrected chi connectivity index (χ1v) is 17.7. The highest BCUT2D eigenvalue weighted by atomic mass is 32.2. The van der Waals surface area contributed by atoms with E-state index in [0.29, 0.717) is 17.4 Å². The van der Waals surface area contributed by atoms with E-state index in [4.69, 9.17) is 14.5 Å². The molecule has 6 rings (SSSR count). The molecule has 0 saturated carbocycles. The van der Waals surface area contributed by atoms with Gasteiger partial charge >= 0.3 is 0 Å². The predicted octanol–water partition coefficient (Wildman–Crippen LogP) is 5.17. The van der Waals surface area contributed by atoms with Crippen molar-refractivity contribution in [3.63, 3.8) is 0 Å². The number of amides is 1. The molecule has 252 valence electrons. The average Bonchev–Trinajstić information content (AvgIpc) is 3.49. The second-order valence-electron chi connectivity index (χ2n) is 12.6. The van der Waals surface area contributed by atoms with E-state index in [1.165, 1.54) is 12.1 Å². The van der Waals surface area contributed by atoms with Crippen molar-refractivity contribution >= 4 is 27.7 Å². The summed E-state index contributed by atoms with van der Waals surface area (Å²) in [5.74, 6) is 0.367. The Balaban J connectivity index is 1.45. The first-order chi connectivity index (χ1) is 23.0. The molecule has 1 N–H and O–H groups in total. The van der Waals surface area contributed by atoms with Crippen molar-refractivity contribution in [2.45, 2.75) is 77.1 Å². The molecule has 0 unspecified atom stereocenters. The molecular weight excluding hydrogens is 630 g/mol. The van der Waals surface area contributed by atoms with Crippen LogP contribution in [0.2, 0.25) is 0 Å². The van der Waals surface area contributed by atoms with Gasteiger partial charge in [0.1, 0.15) is 12.4 Å². The van der Waals surface area contributed by atoms with Gasteiger partial charge in [0.05, 0.1) is 54.0 Å². The monoisotopic (exact) mass is 671 g/mol. The molecule has 4 heterocycles. The van der Waals surface area contributed by atoms with Gasteiger partial charge in [0.2, 0.25) is 11.8 Å². The summed E-state index contributed by atoms with van der Waals surface area (Å²) in [5.41, 5.74) is 4.05. The lowest BCUT2D eigenvalue weighted by Gasteiger charge is -2.32. The molecule has 0 radical (unpaired) electrons. The second kappa shape index (κ2) is 13.9. The first kappa shape index (κ1) is 33.3. The highest BCUT2D eigenvalue weighted by Crippen LogP contribution is 2.30. The molecule has 12 nitrogen and oxygen atoms in total. The smallest absolute Gasteiger partial charge is 0.264 e. The third kappa shape index (κ3) is 7.26. The minimum absolute atomic E-state index is 0.00380.